The SMILES string of the molecule is CN(c1ncccc1CNc1nc(Nc2ccc3c(c2)CCN(C(=O)OC(C)(C)C)C3)ncc1F)S(C)(=O)=O. The summed E-state index contributed by atoms with van der Waals surface area (Å²) in [5, 5.41) is 6.01. The van der Waals surface area contributed by atoms with Crippen molar-refractivity contribution in [3.05, 3.63) is 65.2 Å². The van der Waals surface area contributed by atoms with E-state index in [1.165, 1.54) is 13.2 Å². The number of nitrogens with one attached hydrogen (secondary N) is 2. The molecule has 1 aliphatic heterocycles. The van der Waals surface area contributed by atoms with E-state index in [0.717, 1.165) is 33.6 Å². The molecule has 3 heterocycles. The van der Waals surface area contributed by atoms with Crippen LogP contribution < -0.4 is 14.9 Å². The molecule has 0 aliphatic carbocycles. The molecule has 0 saturated carbocycles. The number of nitrogens with zero attached hydrogens (tertiary/aromatic N) is 5. The minimum atomic E-state index is -3.52. The van der Waals surface area contributed by atoms with Gasteiger partial charge in [-0.3, -0.25) is 4.31 Å². The molecule has 4 rings (SSSR count). The highest BCUT2D eigenvalue weighted by molar-refractivity contribution is 7.92. The van der Waals surface area contributed by atoms with E-state index in [9.17, 15) is 17.6 Å². The standard InChI is InChI=1S/C26H32FN7O4S/c1-26(2,3)38-25(35)34-12-10-17-13-20(9-8-19(17)16-34)31-24-30-15-21(27)22(32-24)29-14-18-7-6-11-28-23(18)33(4)39(5,36)37/h6-9,11,13,15H,10,12,14,16H2,1-5H3,(H2,29,30,31,32). The van der Waals surface area contributed by atoms with Gasteiger partial charge in [0.05, 0.1) is 12.5 Å². The summed E-state index contributed by atoms with van der Waals surface area (Å²) in [6.07, 6.45) is 3.95. The number of sulfonamides is 1. The van der Waals surface area contributed by atoms with Crippen molar-refractivity contribution < 1.29 is 22.3 Å². The molecule has 1 aliphatic rings. The van der Waals surface area contributed by atoms with Crippen LogP contribution in [0.15, 0.2) is 42.7 Å². The monoisotopic (exact) mass is 557 g/mol. The highest BCUT2D eigenvalue weighted by Gasteiger charge is 2.26. The van der Waals surface area contributed by atoms with Gasteiger partial charge in [-0.25, -0.2) is 27.6 Å². The van der Waals surface area contributed by atoms with Gasteiger partial charge in [0, 0.05) is 44.1 Å². The van der Waals surface area contributed by atoms with Crippen LogP contribution in [0.5, 0.6) is 0 Å². The number of aromatic nitrogens is 3. The second kappa shape index (κ2) is 11.0. The molecule has 1 amide bonds. The van der Waals surface area contributed by atoms with Gasteiger partial charge in [0.15, 0.2) is 11.6 Å². The average molecular weight is 558 g/mol. The molecule has 13 heteroatoms. The Labute approximate surface area is 227 Å². The average Bonchev–Trinajstić information content (AvgIpc) is 2.87. The molecule has 1 aromatic carbocycles. The summed E-state index contributed by atoms with van der Waals surface area (Å²) in [6.45, 7) is 6.60. The van der Waals surface area contributed by atoms with E-state index in [-0.39, 0.29) is 30.2 Å². The molecule has 0 unspecified atom stereocenters. The Balaban J connectivity index is 1.45. The van der Waals surface area contributed by atoms with Crippen LogP contribution in [0.3, 0.4) is 0 Å². The molecule has 2 N–H and O–H groups in total. The third-order valence-corrected chi connectivity index (χ3v) is 7.15. The van der Waals surface area contributed by atoms with Crippen molar-refractivity contribution in [2.75, 3.05) is 34.8 Å². The Kier molecular flexibility index (Phi) is 7.91. The van der Waals surface area contributed by atoms with E-state index < -0.39 is 21.4 Å². The number of rotatable bonds is 7. The van der Waals surface area contributed by atoms with Crippen LogP contribution in [0.1, 0.15) is 37.5 Å². The largest absolute Gasteiger partial charge is 0.444 e. The first kappa shape index (κ1) is 28.0. The van der Waals surface area contributed by atoms with Crippen LogP contribution >= 0.6 is 0 Å². The molecular weight excluding hydrogens is 525 g/mol. The molecule has 0 atom stereocenters. The van der Waals surface area contributed by atoms with E-state index in [1.54, 1.807) is 17.0 Å². The smallest absolute Gasteiger partial charge is 0.410 e. The number of anilines is 4. The summed E-state index contributed by atoms with van der Waals surface area (Å²) in [6, 6.07) is 9.11. The molecule has 2 aromatic heterocycles. The van der Waals surface area contributed by atoms with Crippen LogP contribution in [0, 0.1) is 5.82 Å². The van der Waals surface area contributed by atoms with Crippen molar-refractivity contribution in [2.24, 2.45) is 0 Å². The maximum absolute atomic E-state index is 14.5. The van der Waals surface area contributed by atoms with Gasteiger partial charge >= 0.3 is 6.09 Å². The molecular formula is C26H32FN7O4S. The number of amides is 1. The predicted molar refractivity (Wildman–Crippen MR) is 147 cm³/mol. The number of hydrogen-bond donors (Lipinski definition) is 2. The maximum Gasteiger partial charge on any atom is 0.410 e. The fourth-order valence-electron chi connectivity index (χ4n) is 3.98. The number of fused-ring (bicyclic) bond motifs is 1. The lowest BCUT2D eigenvalue weighted by Crippen LogP contribution is -2.39. The Bertz CT molecular complexity index is 1480. The summed E-state index contributed by atoms with van der Waals surface area (Å²) in [4.78, 5) is 26.6. The molecule has 0 fully saturated rings. The first-order valence-electron chi connectivity index (χ1n) is 12.3. The topological polar surface area (TPSA) is 130 Å². The van der Waals surface area contributed by atoms with Crippen molar-refractivity contribution in [3.63, 3.8) is 0 Å². The first-order chi connectivity index (χ1) is 18.3. The minimum Gasteiger partial charge on any atom is -0.444 e. The number of benzene rings is 1. The second-order valence-corrected chi connectivity index (χ2v) is 12.2. The van der Waals surface area contributed by atoms with Gasteiger partial charge < -0.3 is 20.3 Å². The van der Waals surface area contributed by atoms with Crippen LogP contribution in [0.4, 0.5) is 32.5 Å². The molecule has 0 bridgehead atoms. The quantitative estimate of drug-likeness (QED) is 0.442. The Hall–Kier alpha value is -4.00. The van der Waals surface area contributed by atoms with Gasteiger partial charge in [-0.05, 0) is 56.5 Å². The van der Waals surface area contributed by atoms with Crippen molar-refractivity contribution in [1.29, 1.82) is 0 Å². The number of hydrogen-bond acceptors (Lipinski definition) is 9. The van der Waals surface area contributed by atoms with Crippen LogP contribution in [0.2, 0.25) is 0 Å². The Morgan fingerprint density at radius 1 is 1.21 bits per heavy atom. The lowest BCUT2D eigenvalue weighted by Gasteiger charge is -2.31. The molecule has 208 valence electrons. The third kappa shape index (κ3) is 7.11. The van der Waals surface area contributed by atoms with Crippen molar-refractivity contribution in [2.45, 2.75) is 45.9 Å². The molecule has 0 saturated heterocycles. The van der Waals surface area contributed by atoms with E-state index in [0.29, 0.717) is 25.1 Å². The summed E-state index contributed by atoms with van der Waals surface area (Å²) in [5.41, 5.74) is 2.82. The van der Waals surface area contributed by atoms with Crippen molar-refractivity contribution >= 4 is 39.4 Å². The zero-order valence-electron chi connectivity index (χ0n) is 22.5. The van der Waals surface area contributed by atoms with E-state index in [2.05, 4.69) is 25.6 Å². The summed E-state index contributed by atoms with van der Waals surface area (Å²) in [5.74, 6) is -0.283. The zero-order chi connectivity index (χ0) is 28.4. The Morgan fingerprint density at radius 2 is 1.97 bits per heavy atom. The second-order valence-electron chi connectivity index (χ2n) is 10.2. The molecule has 11 nitrogen and oxygen atoms in total. The lowest BCUT2D eigenvalue weighted by atomic mass is 9.99. The van der Waals surface area contributed by atoms with Crippen LogP contribution in [0.25, 0.3) is 0 Å². The Morgan fingerprint density at radius 3 is 2.69 bits per heavy atom. The van der Waals surface area contributed by atoms with Gasteiger partial charge in [0.1, 0.15) is 11.4 Å². The van der Waals surface area contributed by atoms with Gasteiger partial charge in [-0.1, -0.05) is 12.1 Å². The lowest BCUT2D eigenvalue weighted by molar-refractivity contribution is 0.0224. The van der Waals surface area contributed by atoms with Gasteiger partial charge in [-0.15, -0.1) is 0 Å². The highest BCUT2D eigenvalue weighted by atomic mass is 32.2. The summed E-state index contributed by atoms with van der Waals surface area (Å²) >= 11 is 0. The van der Waals surface area contributed by atoms with Crippen LogP contribution in [-0.4, -0.2) is 59.8 Å². The first-order valence-corrected chi connectivity index (χ1v) is 14.2. The van der Waals surface area contributed by atoms with E-state index in [1.807, 2.05) is 39.0 Å². The third-order valence-electron chi connectivity index (χ3n) is 5.98. The predicted octanol–water partition coefficient (Wildman–Crippen LogP) is 4.06. The van der Waals surface area contributed by atoms with Crippen molar-refractivity contribution in [1.82, 2.24) is 19.9 Å². The zero-order valence-corrected chi connectivity index (χ0v) is 23.3. The fourth-order valence-corrected chi connectivity index (χ4v) is 4.46. The molecule has 0 spiro atoms. The van der Waals surface area contributed by atoms with E-state index >= 15 is 0 Å². The number of carbonyl (C=O) groups is 1. The van der Waals surface area contributed by atoms with Gasteiger partial charge in [0.25, 0.3) is 0 Å². The number of halogens is 1. The number of pyridine rings is 1. The molecule has 0 radical (unpaired) electrons. The van der Waals surface area contributed by atoms with Gasteiger partial charge in [-0.2, -0.15) is 4.98 Å². The maximum atomic E-state index is 14.5. The number of ether oxygens (including phenoxy) is 1. The summed E-state index contributed by atoms with van der Waals surface area (Å²) < 4.78 is 45.0. The van der Waals surface area contributed by atoms with Gasteiger partial charge in [0.2, 0.25) is 16.0 Å². The van der Waals surface area contributed by atoms with Crippen LogP contribution in [-0.2, 0) is 34.3 Å². The van der Waals surface area contributed by atoms with E-state index in [4.69, 9.17) is 4.74 Å². The number of carbonyl (C=O) groups excluding carboxylic acids is 1. The highest BCUT2D eigenvalue weighted by Crippen LogP contribution is 2.26. The minimum absolute atomic E-state index is 0.0460. The fraction of sp³-hybridized carbons (Fsp3) is 0.385. The molecule has 3 aromatic rings. The molecule has 39 heavy (non-hydrogen) atoms. The summed E-state index contributed by atoms with van der Waals surface area (Å²) in [7, 11) is -2.12. The normalized spacial score (nSPS) is 13.4. The van der Waals surface area contributed by atoms with Crippen molar-refractivity contribution in [3.8, 4) is 0 Å².